The first-order valence-corrected chi connectivity index (χ1v) is 6.47. The van der Waals surface area contributed by atoms with Crippen molar-refractivity contribution in [3.05, 3.63) is 53.7 Å². The van der Waals surface area contributed by atoms with Gasteiger partial charge in [-0.15, -0.1) is 0 Å². The SMILES string of the molecule is Cc1cccc(N(CCCN)c2ncc(F)cc2F)c1. The third-order valence-corrected chi connectivity index (χ3v) is 2.94. The Morgan fingerprint density at radius 3 is 2.70 bits per heavy atom. The van der Waals surface area contributed by atoms with E-state index in [0.717, 1.165) is 23.5 Å². The zero-order valence-corrected chi connectivity index (χ0v) is 11.3. The van der Waals surface area contributed by atoms with Crippen LogP contribution in [0.25, 0.3) is 0 Å². The number of aromatic nitrogens is 1. The lowest BCUT2D eigenvalue weighted by Crippen LogP contribution is -2.23. The van der Waals surface area contributed by atoms with E-state index in [1.165, 1.54) is 0 Å². The molecule has 0 aliphatic rings. The Morgan fingerprint density at radius 1 is 1.25 bits per heavy atom. The molecule has 0 radical (unpaired) electrons. The highest BCUT2D eigenvalue weighted by Crippen LogP contribution is 2.27. The summed E-state index contributed by atoms with van der Waals surface area (Å²) >= 11 is 0. The molecule has 0 bridgehead atoms. The van der Waals surface area contributed by atoms with Crippen molar-refractivity contribution < 1.29 is 8.78 Å². The van der Waals surface area contributed by atoms with Gasteiger partial charge in [-0.25, -0.2) is 13.8 Å². The molecule has 0 unspecified atom stereocenters. The Hall–Kier alpha value is -2.01. The van der Waals surface area contributed by atoms with Gasteiger partial charge in [-0.3, -0.25) is 0 Å². The second-order valence-corrected chi connectivity index (χ2v) is 4.59. The fourth-order valence-electron chi connectivity index (χ4n) is 2.01. The number of hydrogen-bond donors (Lipinski definition) is 1. The Kier molecular flexibility index (Phi) is 4.63. The molecule has 0 aliphatic carbocycles. The quantitative estimate of drug-likeness (QED) is 0.912. The molecule has 1 aromatic carbocycles. The van der Waals surface area contributed by atoms with E-state index < -0.39 is 11.6 Å². The first-order valence-electron chi connectivity index (χ1n) is 6.47. The lowest BCUT2D eigenvalue weighted by Gasteiger charge is -2.24. The van der Waals surface area contributed by atoms with Crippen LogP contribution in [0.1, 0.15) is 12.0 Å². The van der Waals surface area contributed by atoms with Crippen LogP contribution in [-0.4, -0.2) is 18.1 Å². The fraction of sp³-hybridized carbons (Fsp3) is 0.267. The minimum absolute atomic E-state index is 0.116. The molecule has 0 spiro atoms. The zero-order chi connectivity index (χ0) is 14.5. The Labute approximate surface area is 117 Å². The van der Waals surface area contributed by atoms with Crippen LogP contribution >= 0.6 is 0 Å². The van der Waals surface area contributed by atoms with E-state index in [1.807, 2.05) is 31.2 Å². The molecule has 0 amide bonds. The Balaban J connectivity index is 2.41. The average Bonchev–Trinajstić information content (AvgIpc) is 2.41. The lowest BCUT2D eigenvalue weighted by molar-refractivity contribution is 0.571. The van der Waals surface area contributed by atoms with Crippen molar-refractivity contribution in [2.45, 2.75) is 13.3 Å². The molecule has 2 rings (SSSR count). The number of nitrogens with two attached hydrogens (primary N) is 1. The third kappa shape index (κ3) is 3.30. The summed E-state index contributed by atoms with van der Waals surface area (Å²) in [6.07, 6.45) is 1.70. The molecule has 1 aromatic heterocycles. The highest BCUT2D eigenvalue weighted by molar-refractivity contribution is 5.61. The molecule has 0 atom stereocenters. The van der Waals surface area contributed by atoms with Gasteiger partial charge in [0, 0.05) is 18.3 Å². The van der Waals surface area contributed by atoms with Gasteiger partial charge in [0.25, 0.3) is 0 Å². The van der Waals surface area contributed by atoms with Crippen LogP contribution in [0.4, 0.5) is 20.3 Å². The number of halogens is 2. The van der Waals surface area contributed by atoms with E-state index in [9.17, 15) is 8.78 Å². The number of nitrogens with zero attached hydrogens (tertiary/aromatic N) is 2. The van der Waals surface area contributed by atoms with Crippen molar-refractivity contribution >= 4 is 11.5 Å². The molecule has 0 fully saturated rings. The summed E-state index contributed by atoms with van der Waals surface area (Å²) < 4.78 is 26.9. The van der Waals surface area contributed by atoms with Gasteiger partial charge in [0.15, 0.2) is 11.6 Å². The van der Waals surface area contributed by atoms with E-state index in [0.29, 0.717) is 19.5 Å². The summed E-state index contributed by atoms with van der Waals surface area (Å²) in [5.41, 5.74) is 7.40. The fourth-order valence-corrected chi connectivity index (χ4v) is 2.01. The summed E-state index contributed by atoms with van der Waals surface area (Å²) in [7, 11) is 0. The Morgan fingerprint density at radius 2 is 2.05 bits per heavy atom. The predicted molar refractivity (Wildman–Crippen MR) is 76.0 cm³/mol. The van der Waals surface area contributed by atoms with Gasteiger partial charge >= 0.3 is 0 Å². The first-order chi connectivity index (χ1) is 9.61. The molecule has 2 N–H and O–H groups in total. The van der Waals surface area contributed by atoms with Crippen LogP contribution in [0.3, 0.4) is 0 Å². The summed E-state index contributed by atoms with van der Waals surface area (Å²) in [5, 5.41) is 0. The van der Waals surface area contributed by atoms with Gasteiger partial charge in [-0.05, 0) is 37.6 Å². The molecule has 0 saturated carbocycles. The second kappa shape index (κ2) is 6.43. The number of anilines is 2. The molecule has 106 valence electrons. The van der Waals surface area contributed by atoms with Crippen molar-refractivity contribution in [3.63, 3.8) is 0 Å². The van der Waals surface area contributed by atoms with Gasteiger partial charge in [0.2, 0.25) is 0 Å². The van der Waals surface area contributed by atoms with E-state index in [2.05, 4.69) is 4.98 Å². The van der Waals surface area contributed by atoms with Crippen LogP contribution in [0.2, 0.25) is 0 Å². The third-order valence-electron chi connectivity index (χ3n) is 2.94. The maximum Gasteiger partial charge on any atom is 0.169 e. The van der Waals surface area contributed by atoms with Crippen molar-refractivity contribution in [2.24, 2.45) is 5.73 Å². The van der Waals surface area contributed by atoms with Gasteiger partial charge < -0.3 is 10.6 Å². The zero-order valence-electron chi connectivity index (χ0n) is 11.3. The minimum Gasteiger partial charge on any atom is -0.330 e. The van der Waals surface area contributed by atoms with Crippen LogP contribution < -0.4 is 10.6 Å². The average molecular weight is 277 g/mol. The van der Waals surface area contributed by atoms with Crippen molar-refractivity contribution in [1.29, 1.82) is 0 Å². The largest absolute Gasteiger partial charge is 0.330 e. The number of benzene rings is 1. The van der Waals surface area contributed by atoms with E-state index in [4.69, 9.17) is 5.73 Å². The van der Waals surface area contributed by atoms with Crippen LogP contribution in [0.5, 0.6) is 0 Å². The van der Waals surface area contributed by atoms with Crippen LogP contribution in [0, 0.1) is 18.6 Å². The lowest BCUT2D eigenvalue weighted by atomic mass is 10.2. The molecule has 3 nitrogen and oxygen atoms in total. The summed E-state index contributed by atoms with van der Waals surface area (Å²) in [4.78, 5) is 5.59. The molecular weight excluding hydrogens is 260 g/mol. The summed E-state index contributed by atoms with van der Waals surface area (Å²) in [6, 6.07) is 8.49. The standard InChI is InChI=1S/C15H17F2N3/c1-11-4-2-5-13(8-11)20(7-3-6-18)15-14(17)9-12(16)10-19-15/h2,4-5,8-10H,3,6-7,18H2,1H3. The van der Waals surface area contributed by atoms with Gasteiger partial charge in [-0.1, -0.05) is 12.1 Å². The summed E-state index contributed by atoms with van der Waals surface area (Å²) in [5.74, 6) is -1.25. The first kappa shape index (κ1) is 14.4. The molecule has 2 aromatic rings. The maximum atomic E-state index is 13.9. The molecule has 0 aliphatic heterocycles. The molecule has 1 heterocycles. The number of pyridine rings is 1. The van der Waals surface area contributed by atoms with E-state index in [-0.39, 0.29) is 5.82 Å². The van der Waals surface area contributed by atoms with Crippen LogP contribution in [-0.2, 0) is 0 Å². The number of rotatable bonds is 5. The minimum atomic E-state index is -0.686. The van der Waals surface area contributed by atoms with Gasteiger partial charge in [-0.2, -0.15) is 0 Å². The Bertz CT molecular complexity index is 587. The van der Waals surface area contributed by atoms with Gasteiger partial charge in [0.05, 0.1) is 6.20 Å². The number of hydrogen-bond acceptors (Lipinski definition) is 3. The smallest absolute Gasteiger partial charge is 0.169 e. The second-order valence-electron chi connectivity index (χ2n) is 4.59. The van der Waals surface area contributed by atoms with Crippen molar-refractivity contribution in [1.82, 2.24) is 4.98 Å². The van der Waals surface area contributed by atoms with Crippen molar-refractivity contribution in [2.75, 3.05) is 18.0 Å². The summed E-state index contributed by atoms with van der Waals surface area (Å²) in [6.45, 7) is 2.97. The topological polar surface area (TPSA) is 42.1 Å². The normalized spacial score (nSPS) is 10.6. The highest BCUT2D eigenvalue weighted by Gasteiger charge is 2.15. The monoisotopic (exact) mass is 277 g/mol. The highest BCUT2D eigenvalue weighted by atomic mass is 19.1. The maximum absolute atomic E-state index is 13.9. The van der Waals surface area contributed by atoms with E-state index in [1.54, 1.807) is 4.90 Å². The van der Waals surface area contributed by atoms with E-state index >= 15 is 0 Å². The molecular formula is C15H17F2N3. The molecule has 0 saturated heterocycles. The molecule has 20 heavy (non-hydrogen) atoms. The molecule has 5 heteroatoms. The van der Waals surface area contributed by atoms with Crippen molar-refractivity contribution in [3.8, 4) is 0 Å². The van der Waals surface area contributed by atoms with Crippen LogP contribution in [0.15, 0.2) is 36.5 Å². The van der Waals surface area contributed by atoms with Gasteiger partial charge in [0.1, 0.15) is 5.82 Å². The number of aryl methyl sites for hydroxylation is 1. The predicted octanol–water partition coefficient (Wildman–Crippen LogP) is 3.16.